The topological polar surface area (TPSA) is 109 Å². The molecule has 0 saturated carbocycles. The second kappa shape index (κ2) is 6.23. The van der Waals surface area contributed by atoms with Crippen molar-refractivity contribution in [2.75, 3.05) is 28.7 Å². The third-order valence-electron chi connectivity index (χ3n) is 2.54. The zero-order valence-electron chi connectivity index (χ0n) is 11.6. The number of aromatic nitrogens is 1. The summed E-state index contributed by atoms with van der Waals surface area (Å²) in [4.78, 5) is 27.4. The van der Waals surface area contributed by atoms with E-state index in [0.29, 0.717) is 21.4 Å². The highest BCUT2D eigenvalue weighted by Crippen LogP contribution is 2.25. The molecule has 0 radical (unpaired) electrons. The van der Waals surface area contributed by atoms with E-state index in [1.165, 1.54) is 18.3 Å². The summed E-state index contributed by atoms with van der Waals surface area (Å²) in [7, 11) is 1.71. The average Bonchev–Trinajstić information content (AvgIpc) is 2.82. The predicted molar refractivity (Wildman–Crippen MR) is 84.8 cm³/mol. The van der Waals surface area contributed by atoms with E-state index in [4.69, 9.17) is 5.73 Å². The molecule has 2 rings (SSSR count). The van der Waals surface area contributed by atoms with Gasteiger partial charge in [-0.2, -0.15) is 0 Å². The van der Waals surface area contributed by atoms with Crippen molar-refractivity contribution in [3.8, 4) is 0 Å². The lowest BCUT2D eigenvalue weighted by Gasteiger charge is -2.06. The second-order valence-corrected chi connectivity index (χ2v) is 5.20. The van der Waals surface area contributed by atoms with Gasteiger partial charge in [0, 0.05) is 25.3 Å². The van der Waals surface area contributed by atoms with Crippen molar-refractivity contribution >= 4 is 45.5 Å². The van der Waals surface area contributed by atoms with Gasteiger partial charge < -0.3 is 21.7 Å². The van der Waals surface area contributed by atoms with Crippen molar-refractivity contribution in [3.05, 3.63) is 29.1 Å². The van der Waals surface area contributed by atoms with Crippen LogP contribution in [-0.2, 0) is 4.79 Å². The van der Waals surface area contributed by atoms with Crippen LogP contribution in [0.15, 0.2) is 24.3 Å². The largest absolute Gasteiger partial charge is 0.382 e. The normalized spacial score (nSPS) is 10.0. The van der Waals surface area contributed by atoms with E-state index >= 15 is 0 Å². The van der Waals surface area contributed by atoms with Crippen LogP contribution in [0.1, 0.15) is 16.6 Å². The first-order chi connectivity index (χ1) is 9.99. The maximum atomic E-state index is 12.1. The van der Waals surface area contributed by atoms with Crippen LogP contribution < -0.4 is 21.7 Å². The number of anilines is 4. The van der Waals surface area contributed by atoms with Crippen molar-refractivity contribution in [3.63, 3.8) is 0 Å². The molecule has 7 nitrogen and oxygen atoms in total. The van der Waals surface area contributed by atoms with E-state index in [-0.39, 0.29) is 17.6 Å². The number of nitrogens with zero attached hydrogens (tertiary/aromatic N) is 1. The van der Waals surface area contributed by atoms with Crippen molar-refractivity contribution in [1.82, 2.24) is 4.98 Å². The fourth-order valence-corrected chi connectivity index (χ4v) is 2.36. The van der Waals surface area contributed by atoms with Gasteiger partial charge in [0.15, 0.2) is 5.13 Å². The highest BCUT2D eigenvalue weighted by molar-refractivity contribution is 7.18. The fourth-order valence-electron chi connectivity index (χ4n) is 1.63. The Labute approximate surface area is 125 Å². The zero-order chi connectivity index (χ0) is 15.4. The number of hydrogen-bond donors (Lipinski definition) is 4. The predicted octanol–water partition coefficient (Wildman–Crippen LogP) is 1.98. The summed E-state index contributed by atoms with van der Waals surface area (Å²) < 4.78 is 0. The molecule has 1 aromatic carbocycles. The summed E-state index contributed by atoms with van der Waals surface area (Å²) in [6, 6.07) is 6.79. The van der Waals surface area contributed by atoms with E-state index in [1.807, 2.05) is 0 Å². The van der Waals surface area contributed by atoms with Crippen LogP contribution >= 0.6 is 11.3 Å². The van der Waals surface area contributed by atoms with Crippen LogP contribution in [-0.4, -0.2) is 23.8 Å². The van der Waals surface area contributed by atoms with E-state index < -0.39 is 0 Å². The Morgan fingerprint density at radius 1 is 1.14 bits per heavy atom. The number of amides is 2. The Kier molecular flexibility index (Phi) is 4.39. The third kappa shape index (κ3) is 3.69. The maximum absolute atomic E-state index is 12.1. The van der Waals surface area contributed by atoms with Gasteiger partial charge in [0.2, 0.25) is 5.91 Å². The SMILES string of the molecule is CNc1nc(N)c(C(=O)Nc2ccc(NC(C)=O)cc2)s1. The molecule has 2 amide bonds. The number of hydrogen-bond acceptors (Lipinski definition) is 6. The molecule has 0 aliphatic heterocycles. The Bertz CT molecular complexity index is 666. The molecule has 0 aliphatic rings. The van der Waals surface area contributed by atoms with Crippen LogP contribution in [0, 0.1) is 0 Å². The molecule has 5 N–H and O–H groups in total. The minimum Gasteiger partial charge on any atom is -0.382 e. The number of benzene rings is 1. The summed E-state index contributed by atoms with van der Waals surface area (Å²) in [5, 5.41) is 8.80. The molecule has 0 atom stereocenters. The molecule has 8 heteroatoms. The van der Waals surface area contributed by atoms with Gasteiger partial charge in [0.1, 0.15) is 10.7 Å². The summed E-state index contributed by atoms with van der Waals surface area (Å²) in [5.41, 5.74) is 6.97. The molecule has 0 unspecified atom stereocenters. The van der Waals surface area contributed by atoms with E-state index in [2.05, 4.69) is 20.9 Å². The number of thiazole rings is 1. The van der Waals surface area contributed by atoms with Crippen LogP contribution in [0.4, 0.5) is 22.3 Å². The number of rotatable bonds is 4. The lowest BCUT2D eigenvalue weighted by molar-refractivity contribution is -0.114. The van der Waals surface area contributed by atoms with Crippen LogP contribution in [0.25, 0.3) is 0 Å². The van der Waals surface area contributed by atoms with Crippen molar-refractivity contribution < 1.29 is 9.59 Å². The standard InChI is InChI=1S/C13H15N5O2S/c1-7(19)16-8-3-5-9(6-4-8)17-12(20)10-11(14)18-13(15-2)21-10/h3-6H,14H2,1-2H3,(H,15,18)(H,16,19)(H,17,20). The minimum absolute atomic E-state index is 0.149. The molecular weight excluding hydrogens is 290 g/mol. The van der Waals surface area contributed by atoms with Crippen LogP contribution in [0.3, 0.4) is 0 Å². The molecule has 0 fully saturated rings. The van der Waals surface area contributed by atoms with Crippen molar-refractivity contribution in [2.45, 2.75) is 6.92 Å². The zero-order valence-corrected chi connectivity index (χ0v) is 12.4. The molecule has 1 heterocycles. The summed E-state index contributed by atoms with van der Waals surface area (Å²) in [6.45, 7) is 1.43. The summed E-state index contributed by atoms with van der Waals surface area (Å²) >= 11 is 1.18. The molecular formula is C13H15N5O2S. The van der Waals surface area contributed by atoms with Gasteiger partial charge in [-0.1, -0.05) is 11.3 Å². The molecule has 0 aliphatic carbocycles. The third-order valence-corrected chi connectivity index (χ3v) is 3.62. The summed E-state index contributed by atoms with van der Waals surface area (Å²) in [6.07, 6.45) is 0. The molecule has 110 valence electrons. The first-order valence-corrected chi connectivity index (χ1v) is 6.94. The first-order valence-electron chi connectivity index (χ1n) is 6.12. The molecule has 0 spiro atoms. The smallest absolute Gasteiger partial charge is 0.269 e. The second-order valence-electron chi connectivity index (χ2n) is 4.20. The van der Waals surface area contributed by atoms with Gasteiger partial charge in [0.05, 0.1) is 0 Å². The summed E-state index contributed by atoms with van der Waals surface area (Å²) in [5.74, 6) is -0.278. The highest BCUT2D eigenvalue weighted by Gasteiger charge is 2.15. The number of nitrogens with one attached hydrogen (secondary N) is 3. The van der Waals surface area contributed by atoms with Crippen LogP contribution in [0.5, 0.6) is 0 Å². The minimum atomic E-state index is -0.321. The monoisotopic (exact) mass is 305 g/mol. The van der Waals surface area contributed by atoms with Crippen molar-refractivity contribution in [2.24, 2.45) is 0 Å². The fraction of sp³-hybridized carbons (Fsp3) is 0.154. The van der Waals surface area contributed by atoms with Gasteiger partial charge in [-0.15, -0.1) is 0 Å². The quantitative estimate of drug-likeness (QED) is 0.690. The molecule has 0 bridgehead atoms. The lowest BCUT2D eigenvalue weighted by atomic mass is 10.2. The van der Waals surface area contributed by atoms with Crippen molar-refractivity contribution in [1.29, 1.82) is 0 Å². The lowest BCUT2D eigenvalue weighted by Crippen LogP contribution is -2.12. The van der Waals surface area contributed by atoms with Crippen LogP contribution in [0.2, 0.25) is 0 Å². The maximum Gasteiger partial charge on any atom is 0.269 e. The van der Waals surface area contributed by atoms with Gasteiger partial charge >= 0.3 is 0 Å². The van der Waals surface area contributed by atoms with E-state index in [1.54, 1.807) is 31.3 Å². The van der Waals surface area contributed by atoms with Gasteiger partial charge in [-0.25, -0.2) is 4.98 Å². The van der Waals surface area contributed by atoms with E-state index in [9.17, 15) is 9.59 Å². The van der Waals surface area contributed by atoms with Gasteiger partial charge in [-0.05, 0) is 24.3 Å². The van der Waals surface area contributed by atoms with E-state index in [0.717, 1.165) is 0 Å². The Hall–Kier alpha value is -2.61. The molecule has 0 saturated heterocycles. The first kappa shape index (κ1) is 14.8. The Balaban J connectivity index is 2.08. The number of nitrogen functional groups attached to an aromatic ring is 1. The highest BCUT2D eigenvalue weighted by atomic mass is 32.1. The number of carbonyl (C=O) groups excluding carboxylic acids is 2. The van der Waals surface area contributed by atoms with Gasteiger partial charge in [-0.3, -0.25) is 9.59 Å². The molecule has 21 heavy (non-hydrogen) atoms. The Morgan fingerprint density at radius 3 is 2.19 bits per heavy atom. The average molecular weight is 305 g/mol. The molecule has 2 aromatic rings. The number of nitrogens with two attached hydrogens (primary N) is 1. The number of carbonyl (C=O) groups is 2. The molecule has 1 aromatic heterocycles. The van der Waals surface area contributed by atoms with Gasteiger partial charge in [0.25, 0.3) is 5.91 Å². The Morgan fingerprint density at radius 2 is 1.71 bits per heavy atom.